The average molecular weight is 413 g/mol. The van der Waals surface area contributed by atoms with Crippen molar-refractivity contribution in [2.24, 2.45) is 0 Å². The third-order valence-electron chi connectivity index (χ3n) is 5.10. The molecule has 1 atom stereocenters. The van der Waals surface area contributed by atoms with Crippen LogP contribution in [0.25, 0.3) is 0 Å². The summed E-state index contributed by atoms with van der Waals surface area (Å²) in [5.41, 5.74) is 2.48. The van der Waals surface area contributed by atoms with Crippen molar-refractivity contribution in [3.05, 3.63) is 59.0 Å². The van der Waals surface area contributed by atoms with E-state index >= 15 is 0 Å². The molecule has 2 aromatic heterocycles. The third kappa shape index (κ3) is 3.80. The molecule has 10 heteroatoms. The van der Waals surface area contributed by atoms with E-state index in [-0.39, 0.29) is 18.5 Å². The summed E-state index contributed by atoms with van der Waals surface area (Å²) in [5, 5.41) is 10.2. The molecule has 1 aliphatic heterocycles. The lowest BCUT2D eigenvalue weighted by Crippen LogP contribution is -2.44. The van der Waals surface area contributed by atoms with E-state index in [0.717, 1.165) is 11.6 Å². The molecule has 3 aromatic rings. The van der Waals surface area contributed by atoms with Gasteiger partial charge in [0.05, 0.1) is 18.4 Å². The number of rotatable bonds is 5. The van der Waals surface area contributed by atoms with Crippen LogP contribution in [-0.2, 0) is 17.9 Å². The summed E-state index contributed by atoms with van der Waals surface area (Å²) in [6.45, 7) is 4.23. The molecule has 3 heterocycles. The minimum atomic E-state index is -0.610. The Morgan fingerprint density at radius 2 is 2.07 bits per heavy atom. The van der Waals surface area contributed by atoms with Crippen LogP contribution in [0.3, 0.4) is 0 Å². The van der Waals surface area contributed by atoms with Crippen molar-refractivity contribution in [2.75, 3.05) is 22.6 Å². The molecule has 156 valence electrons. The number of amides is 1. The van der Waals surface area contributed by atoms with Crippen molar-refractivity contribution in [3.63, 3.8) is 0 Å². The Kier molecular flexibility index (Phi) is 5.06. The summed E-state index contributed by atoms with van der Waals surface area (Å²) < 4.78 is 28.5. The van der Waals surface area contributed by atoms with Gasteiger partial charge < -0.3 is 15.5 Å². The van der Waals surface area contributed by atoms with E-state index in [9.17, 15) is 13.6 Å². The Bertz CT molecular complexity index is 1110. The number of anilines is 3. The zero-order valence-electron chi connectivity index (χ0n) is 16.8. The largest absolute Gasteiger partial charge is 0.350 e. The smallest absolute Gasteiger partial charge is 0.246 e. The number of aryl methyl sites for hydroxylation is 1. The summed E-state index contributed by atoms with van der Waals surface area (Å²) in [4.78, 5) is 22.8. The van der Waals surface area contributed by atoms with Crippen LogP contribution < -0.4 is 15.5 Å². The molecule has 4 rings (SSSR count). The van der Waals surface area contributed by atoms with Crippen LogP contribution in [-0.4, -0.2) is 38.7 Å². The number of carbonyl (C=O) groups is 1. The molecule has 0 unspecified atom stereocenters. The molecular weight excluding hydrogens is 392 g/mol. The number of benzene rings is 1. The van der Waals surface area contributed by atoms with Crippen molar-refractivity contribution in [1.82, 2.24) is 19.7 Å². The van der Waals surface area contributed by atoms with E-state index < -0.39 is 11.6 Å². The third-order valence-corrected chi connectivity index (χ3v) is 5.10. The van der Waals surface area contributed by atoms with E-state index in [1.54, 1.807) is 24.0 Å². The first-order valence-electron chi connectivity index (χ1n) is 9.43. The highest BCUT2D eigenvalue weighted by Gasteiger charge is 2.30. The molecule has 0 spiro atoms. The van der Waals surface area contributed by atoms with Gasteiger partial charge in [0.2, 0.25) is 11.9 Å². The van der Waals surface area contributed by atoms with Gasteiger partial charge in [-0.15, -0.1) is 0 Å². The Morgan fingerprint density at radius 3 is 2.83 bits per heavy atom. The van der Waals surface area contributed by atoms with E-state index in [2.05, 4.69) is 25.7 Å². The highest BCUT2D eigenvalue weighted by Crippen LogP contribution is 2.32. The molecule has 0 saturated carbocycles. The van der Waals surface area contributed by atoms with Gasteiger partial charge in [0, 0.05) is 37.0 Å². The Morgan fingerprint density at radius 1 is 1.27 bits per heavy atom. The van der Waals surface area contributed by atoms with Crippen LogP contribution in [0.5, 0.6) is 0 Å². The zero-order chi connectivity index (χ0) is 21.4. The number of likely N-dealkylation sites (N-methyl/N-ethyl adjacent to an activating group) is 1. The van der Waals surface area contributed by atoms with Crippen molar-refractivity contribution >= 4 is 23.4 Å². The maximum atomic E-state index is 13.8. The molecule has 1 aromatic carbocycles. The molecule has 0 bridgehead atoms. The Balaban J connectivity index is 1.46. The van der Waals surface area contributed by atoms with Crippen molar-refractivity contribution in [1.29, 1.82) is 0 Å². The van der Waals surface area contributed by atoms with Crippen molar-refractivity contribution in [3.8, 4) is 0 Å². The zero-order valence-corrected chi connectivity index (χ0v) is 16.8. The molecular formula is C20H21F2N7O. The summed E-state index contributed by atoms with van der Waals surface area (Å²) in [6, 6.07) is 3.16. The number of halogens is 2. The molecule has 0 fully saturated rings. The molecule has 0 aliphatic carbocycles. The topological polar surface area (TPSA) is 88.0 Å². The predicted molar refractivity (Wildman–Crippen MR) is 108 cm³/mol. The van der Waals surface area contributed by atoms with Gasteiger partial charge in [-0.05, 0) is 19.9 Å². The maximum Gasteiger partial charge on any atom is 0.246 e. The number of nitrogens with one attached hydrogen (secondary N) is 2. The number of aromatic nitrogens is 4. The quantitative estimate of drug-likeness (QED) is 0.669. The van der Waals surface area contributed by atoms with Gasteiger partial charge in [-0.25, -0.2) is 13.8 Å². The van der Waals surface area contributed by atoms with Crippen molar-refractivity contribution < 1.29 is 13.6 Å². The minimum Gasteiger partial charge on any atom is -0.350 e. The van der Waals surface area contributed by atoms with E-state index in [4.69, 9.17) is 0 Å². The molecule has 1 aliphatic rings. The number of hydrogen-bond acceptors (Lipinski definition) is 6. The lowest BCUT2D eigenvalue weighted by molar-refractivity contribution is -0.117. The van der Waals surface area contributed by atoms with Gasteiger partial charge in [0.15, 0.2) is 5.82 Å². The van der Waals surface area contributed by atoms with Crippen LogP contribution in [0, 0.1) is 18.6 Å². The van der Waals surface area contributed by atoms with Crippen LogP contribution in [0.15, 0.2) is 30.6 Å². The number of fused-ring (bicyclic) bond motifs is 1. The fraction of sp³-hybridized carbons (Fsp3) is 0.300. The number of carbonyl (C=O) groups excluding carboxylic acids is 1. The Labute approximate surface area is 171 Å². The summed E-state index contributed by atoms with van der Waals surface area (Å²) in [6.07, 6.45) is 3.43. The highest BCUT2D eigenvalue weighted by molar-refractivity contribution is 6.03. The fourth-order valence-corrected chi connectivity index (χ4v) is 3.22. The summed E-state index contributed by atoms with van der Waals surface area (Å²) >= 11 is 0. The molecule has 0 saturated heterocycles. The SMILES string of the molecule is Cc1nc(NCc2cnn(Cc3ccc(F)cc3F)c2)nc2c1NC(=O)[C@H](C)N2C. The van der Waals surface area contributed by atoms with Crippen LogP contribution in [0.1, 0.15) is 23.7 Å². The molecule has 0 radical (unpaired) electrons. The van der Waals surface area contributed by atoms with Gasteiger partial charge in [0.25, 0.3) is 0 Å². The van der Waals surface area contributed by atoms with Crippen molar-refractivity contribution in [2.45, 2.75) is 33.0 Å². The average Bonchev–Trinajstić information content (AvgIpc) is 3.15. The van der Waals surface area contributed by atoms with E-state index in [1.807, 2.05) is 18.9 Å². The van der Waals surface area contributed by atoms with Gasteiger partial charge >= 0.3 is 0 Å². The van der Waals surface area contributed by atoms with Gasteiger partial charge in [-0.3, -0.25) is 9.48 Å². The predicted octanol–water partition coefficient (Wildman–Crippen LogP) is 2.70. The van der Waals surface area contributed by atoms with Crippen LogP contribution in [0.4, 0.5) is 26.2 Å². The monoisotopic (exact) mass is 413 g/mol. The first-order valence-corrected chi connectivity index (χ1v) is 9.43. The molecule has 1 amide bonds. The van der Waals surface area contributed by atoms with Gasteiger partial charge in [0.1, 0.15) is 23.4 Å². The molecule has 30 heavy (non-hydrogen) atoms. The second kappa shape index (κ2) is 7.69. The highest BCUT2D eigenvalue weighted by atomic mass is 19.1. The Hall–Kier alpha value is -3.56. The van der Waals surface area contributed by atoms with Crippen LogP contribution in [0.2, 0.25) is 0 Å². The number of hydrogen-bond donors (Lipinski definition) is 2. The standard InChI is InChI=1S/C20H21F2N7O/c1-11-17-18(28(3)12(2)19(30)26-17)27-20(25-11)23-7-13-8-24-29(9-13)10-14-4-5-15(21)6-16(14)22/h4-6,8-9,12H,7,10H2,1-3H3,(H,26,30)(H,23,25,27)/t12-/m0/s1. The minimum absolute atomic E-state index is 0.0950. The number of nitrogens with zero attached hydrogens (tertiary/aromatic N) is 5. The normalized spacial score (nSPS) is 15.7. The first-order chi connectivity index (χ1) is 14.3. The van der Waals surface area contributed by atoms with Gasteiger partial charge in [-0.1, -0.05) is 6.07 Å². The second-order valence-electron chi connectivity index (χ2n) is 7.24. The van der Waals surface area contributed by atoms with E-state index in [0.29, 0.717) is 35.3 Å². The second-order valence-corrected chi connectivity index (χ2v) is 7.24. The summed E-state index contributed by atoms with van der Waals surface area (Å²) in [5.74, 6) is -0.226. The fourth-order valence-electron chi connectivity index (χ4n) is 3.22. The summed E-state index contributed by atoms with van der Waals surface area (Å²) in [7, 11) is 1.82. The lowest BCUT2D eigenvalue weighted by Gasteiger charge is -2.32. The lowest BCUT2D eigenvalue weighted by atomic mass is 10.2. The first kappa shape index (κ1) is 19.7. The molecule has 2 N–H and O–H groups in total. The van der Waals surface area contributed by atoms with E-state index in [1.165, 1.54) is 12.1 Å². The van der Waals surface area contributed by atoms with Gasteiger partial charge in [-0.2, -0.15) is 10.1 Å². The van der Waals surface area contributed by atoms with Crippen LogP contribution >= 0.6 is 0 Å². The maximum absolute atomic E-state index is 13.8. The molecule has 8 nitrogen and oxygen atoms in total.